The molecule has 30 heavy (non-hydrogen) atoms. The molecule has 152 valence electrons. The molecule has 0 unspecified atom stereocenters. The van der Waals surface area contributed by atoms with Crippen molar-refractivity contribution in [1.29, 1.82) is 0 Å². The molecule has 9 heteroatoms. The van der Waals surface area contributed by atoms with Gasteiger partial charge in [0.2, 0.25) is 10.0 Å². The molecular formula is C21H16N2O6S. The molecule has 3 aromatic carbocycles. The zero-order chi connectivity index (χ0) is 21.6. The molecular weight excluding hydrogens is 408 g/mol. The summed E-state index contributed by atoms with van der Waals surface area (Å²) in [6.45, 7) is 0. The van der Waals surface area contributed by atoms with E-state index in [0.717, 1.165) is 6.07 Å². The standard InChI is InChI=1S/C21H16N2O6S/c22-19-16(29-12-5-3-4-11(8-12)10-30(23,27)28)9-15(24)17-18(19)21(26)14-7-2-1-6-13(14)20(17)25/h1-9,24H,10,22H2,(H2,23,27,28). The molecule has 0 atom stereocenters. The van der Waals surface area contributed by atoms with Gasteiger partial charge < -0.3 is 15.6 Å². The maximum atomic E-state index is 13.0. The monoisotopic (exact) mass is 424 g/mol. The van der Waals surface area contributed by atoms with Gasteiger partial charge in [-0.05, 0) is 17.7 Å². The van der Waals surface area contributed by atoms with Crippen LogP contribution >= 0.6 is 0 Å². The largest absolute Gasteiger partial charge is 0.507 e. The lowest BCUT2D eigenvalue weighted by Gasteiger charge is -2.21. The minimum absolute atomic E-state index is 0.0421. The van der Waals surface area contributed by atoms with Gasteiger partial charge >= 0.3 is 0 Å². The highest BCUT2D eigenvalue weighted by Crippen LogP contribution is 2.42. The maximum Gasteiger partial charge on any atom is 0.213 e. The summed E-state index contributed by atoms with van der Waals surface area (Å²) in [4.78, 5) is 25.8. The van der Waals surface area contributed by atoms with E-state index in [2.05, 4.69) is 0 Å². The number of nitrogen functional groups attached to an aromatic ring is 1. The first kappa shape index (κ1) is 19.6. The van der Waals surface area contributed by atoms with Crippen molar-refractivity contribution in [2.75, 3.05) is 5.73 Å². The van der Waals surface area contributed by atoms with Crippen LogP contribution in [0.4, 0.5) is 5.69 Å². The summed E-state index contributed by atoms with van der Waals surface area (Å²) in [6, 6.07) is 13.5. The quantitative estimate of drug-likeness (QED) is 0.336. The highest BCUT2D eigenvalue weighted by molar-refractivity contribution is 7.88. The number of rotatable bonds is 4. The van der Waals surface area contributed by atoms with E-state index >= 15 is 0 Å². The van der Waals surface area contributed by atoms with Gasteiger partial charge in [-0.1, -0.05) is 36.4 Å². The Bertz CT molecular complexity index is 1330. The summed E-state index contributed by atoms with van der Waals surface area (Å²) >= 11 is 0. The molecule has 0 fully saturated rings. The van der Waals surface area contributed by atoms with E-state index < -0.39 is 27.3 Å². The second-order valence-corrected chi connectivity index (χ2v) is 8.43. The lowest BCUT2D eigenvalue weighted by molar-refractivity contribution is 0.0977. The normalized spacial score (nSPS) is 13.0. The number of primary sulfonamides is 1. The minimum Gasteiger partial charge on any atom is -0.507 e. The Hall–Kier alpha value is -3.69. The Morgan fingerprint density at radius 2 is 1.53 bits per heavy atom. The molecule has 0 amide bonds. The summed E-state index contributed by atoms with van der Waals surface area (Å²) in [5.41, 5.74) is 6.50. The number of hydrogen-bond donors (Lipinski definition) is 3. The van der Waals surface area contributed by atoms with Crippen LogP contribution < -0.4 is 15.6 Å². The molecule has 0 spiro atoms. The molecule has 1 aliphatic carbocycles. The second-order valence-electron chi connectivity index (χ2n) is 6.82. The Kier molecular flexibility index (Phi) is 4.56. The van der Waals surface area contributed by atoms with Crippen LogP contribution in [0.2, 0.25) is 0 Å². The molecule has 0 heterocycles. The molecule has 4 rings (SSSR count). The molecule has 8 nitrogen and oxygen atoms in total. The number of nitrogens with two attached hydrogens (primary N) is 2. The van der Waals surface area contributed by atoms with Crippen LogP contribution in [0.5, 0.6) is 17.2 Å². The number of phenolic OH excluding ortho intramolecular Hbond substituents is 1. The number of fused-ring (bicyclic) bond motifs is 2. The van der Waals surface area contributed by atoms with Crippen LogP contribution in [0.3, 0.4) is 0 Å². The van der Waals surface area contributed by atoms with Gasteiger partial charge in [-0.15, -0.1) is 0 Å². The first-order chi connectivity index (χ1) is 14.2. The van der Waals surface area contributed by atoms with Crippen molar-refractivity contribution in [3.63, 3.8) is 0 Å². The lowest BCUT2D eigenvalue weighted by atomic mass is 9.82. The van der Waals surface area contributed by atoms with Gasteiger partial charge in [0.15, 0.2) is 17.3 Å². The van der Waals surface area contributed by atoms with Crippen molar-refractivity contribution >= 4 is 27.3 Å². The average molecular weight is 424 g/mol. The zero-order valence-electron chi connectivity index (χ0n) is 15.5. The molecule has 0 saturated carbocycles. The molecule has 0 aliphatic heterocycles. The van der Waals surface area contributed by atoms with Gasteiger partial charge in [-0.3, -0.25) is 9.59 Å². The predicted octanol–water partition coefficient (Wildman–Crippen LogP) is 2.33. The molecule has 1 aliphatic rings. The van der Waals surface area contributed by atoms with Gasteiger partial charge in [0.1, 0.15) is 11.5 Å². The van der Waals surface area contributed by atoms with Crippen molar-refractivity contribution in [1.82, 2.24) is 0 Å². The van der Waals surface area contributed by atoms with Crippen LogP contribution in [-0.2, 0) is 15.8 Å². The summed E-state index contributed by atoms with van der Waals surface area (Å²) in [6.07, 6.45) is 0. The minimum atomic E-state index is -3.74. The van der Waals surface area contributed by atoms with E-state index in [-0.39, 0.29) is 45.2 Å². The SMILES string of the molecule is Nc1c(Oc2cccc(CS(N)(=O)=O)c2)cc(O)c2c1C(=O)c1ccccc1C2=O. The second kappa shape index (κ2) is 6.97. The maximum absolute atomic E-state index is 13.0. The number of ketones is 2. The van der Waals surface area contributed by atoms with Crippen LogP contribution in [0.25, 0.3) is 0 Å². The van der Waals surface area contributed by atoms with Crippen LogP contribution in [0.15, 0.2) is 54.6 Å². The molecule has 0 aromatic heterocycles. The first-order valence-corrected chi connectivity index (χ1v) is 10.5. The van der Waals surface area contributed by atoms with Crippen molar-refractivity contribution in [2.45, 2.75) is 5.75 Å². The number of ether oxygens (including phenoxy) is 1. The summed E-state index contributed by atoms with van der Waals surface area (Å²) in [5, 5.41) is 15.5. The highest BCUT2D eigenvalue weighted by Gasteiger charge is 2.35. The third kappa shape index (κ3) is 3.40. The smallest absolute Gasteiger partial charge is 0.213 e. The summed E-state index contributed by atoms with van der Waals surface area (Å²) in [7, 11) is -3.74. The van der Waals surface area contributed by atoms with E-state index in [1.807, 2.05) is 0 Å². The third-order valence-electron chi connectivity index (χ3n) is 4.67. The van der Waals surface area contributed by atoms with E-state index in [1.165, 1.54) is 18.2 Å². The summed E-state index contributed by atoms with van der Waals surface area (Å²) in [5.74, 6) is -1.66. The number of anilines is 1. The fourth-order valence-corrected chi connectivity index (χ4v) is 4.06. The van der Waals surface area contributed by atoms with Crippen LogP contribution in [0, 0.1) is 0 Å². The molecule has 0 radical (unpaired) electrons. The predicted molar refractivity (Wildman–Crippen MR) is 109 cm³/mol. The number of hydrogen-bond acceptors (Lipinski definition) is 7. The van der Waals surface area contributed by atoms with Crippen molar-refractivity contribution < 1.29 is 27.9 Å². The number of aromatic hydroxyl groups is 1. The number of carbonyl (C=O) groups excluding carboxylic acids is 2. The Morgan fingerprint density at radius 1 is 0.900 bits per heavy atom. The fraction of sp³-hybridized carbons (Fsp3) is 0.0476. The van der Waals surface area contributed by atoms with Crippen molar-refractivity contribution in [3.8, 4) is 17.2 Å². The number of carbonyl (C=O) groups is 2. The van der Waals surface area contributed by atoms with Crippen molar-refractivity contribution in [2.24, 2.45) is 5.14 Å². The van der Waals surface area contributed by atoms with Gasteiger partial charge in [0.25, 0.3) is 0 Å². The average Bonchev–Trinajstić information content (AvgIpc) is 2.67. The Balaban J connectivity index is 1.78. The number of benzene rings is 3. The topological polar surface area (TPSA) is 150 Å². The van der Waals surface area contributed by atoms with E-state index in [4.69, 9.17) is 15.6 Å². The fourth-order valence-electron chi connectivity index (χ4n) is 3.42. The first-order valence-electron chi connectivity index (χ1n) is 8.77. The molecule has 0 bridgehead atoms. The molecule has 5 N–H and O–H groups in total. The number of sulfonamides is 1. The van der Waals surface area contributed by atoms with Gasteiger partial charge in [-0.2, -0.15) is 0 Å². The Morgan fingerprint density at radius 3 is 2.17 bits per heavy atom. The van der Waals surface area contributed by atoms with Crippen LogP contribution in [0.1, 0.15) is 37.4 Å². The highest BCUT2D eigenvalue weighted by atomic mass is 32.2. The van der Waals surface area contributed by atoms with Gasteiger partial charge in [-0.25, -0.2) is 13.6 Å². The summed E-state index contributed by atoms with van der Waals surface area (Å²) < 4.78 is 28.3. The zero-order valence-corrected chi connectivity index (χ0v) is 16.3. The Labute approximate surface area is 171 Å². The molecule has 0 saturated heterocycles. The third-order valence-corrected chi connectivity index (χ3v) is 5.41. The van der Waals surface area contributed by atoms with E-state index in [0.29, 0.717) is 5.56 Å². The van der Waals surface area contributed by atoms with Gasteiger partial charge in [0.05, 0.1) is 22.6 Å². The van der Waals surface area contributed by atoms with E-state index in [9.17, 15) is 23.1 Å². The number of phenols is 1. The van der Waals surface area contributed by atoms with Crippen molar-refractivity contribution in [3.05, 3.63) is 82.4 Å². The van der Waals surface area contributed by atoms with E-state index in [1.54, 1.807) is 30.3 Å². The van der Waals surface area contributed by atoms with Crippen LogP contribution in [-0.4, -0.2) is 25.1 Å². The van der Waals surface area contributed by atoms with Gasteiger partial charge in [0, 0.05) is 17.2 Å². The lowest BCUT2D eigenvalue weighted by Crippen LogP contribution is -2.22. The molecule has 3 aromatic rings.